The van der Waals surface area contributed by atoms with Crippen molar-refractivity contribution in [3.63, 3.8) is 0 Å². The Hall–Kier alpha value is -2.82. The molecule has 3 rings (SSSR count). The number of carbonyl (C=O) groups excluding carboxylic acids is 1. The van der Waals surface area contributed by atoms with Gasteiger partial charge in [0.1, 0.15) is 23.3 Å². The summed E-state index contributed by atoms with van der Waals surface area (Å²) in [5, 5.41) is 21.8. The van der Waals surface area contributed by atoms with Gasteiger partial charge in [0.15, 0.2) is 0 Å². The molecule has 0 amide bonds. The molecule has 1 aliphatic heterocycles. The quantitative estimate of drug-likeness (QED) is 0.623. The zero-order valence-corrected chi connectivity index (χ0v) is 11.1. The lowest BCUT2D eigenvalue weighted by atomic mass is 10.0. The molecule has 0 bridgehead atoms. The molecule has 1 aliphatic rings. The van der Waals surface area contributed by atoms with Crippen molar-refractivity contribution in [2.24, 2.45) is 5.16 Å². The fraction of sp³-hybridized carbons (Fsp3) is 0.125. The van der Waals surface area contributed by atoms with Gasteiger partial charge in [0.2, 0.25) is 5.78 Å². The third-order valence-electron chi connectivity index (χ3n) is 3.41. The lowest BCUT2D eigenvalue weighted by Gasteiger charge is -2.17. The molecular weight excluding hydrogens is 270 g/mol. The zero-order chi connectivity index (χ0) is 14.8. The first-order chi connectivity index (χ1) is 10.2. The predicted octanol–water partition coefficient (Wildman–Crippen LogP) is 2.93. The highest BCUT2D eigenvalue weighted by Gasteiger charge is 2.29. The van der Waals surface area contributed by atoms with Gasteiger partial charge in [0.25, 0.3) is 0 Å². The molecule has 106 valence electrons. The lowest BCUT2D eigenvalue weighted by Crippen LogP contribution is -2.16. The maximum absolute atomic E-state index is 12.3. The minimum atomic E-state index is -0.455. The summed E-state index contributed by atoms with van der Waals surface area (Å²) in [6.07, 6.45) is -0.293. The van der Waals surface area contributed by atoms with E-state index in [-0.39, 0.29) is 29.2 Å². The van der Waals surface area contributed by atoms with Gasteiger partial charge in [-0.05, 0) is 17.7 Å². The molecule has 0 saturated heterocycles. The van der Waals surface area contributed by atoms with Crippen molar-refractivity contribution in [2.45, 2.75) is 12.5 Å². The number of benzene rings is 2. The summed E-state index contributed by atoms with van der Waals surface area (Å²) in [5.41, 5.74) is 1.18. The van der Waals surface area contributed by atoms with E-state index < -0.39 is 11.9 Å². The minimum Gasteiger partial charge on any atom is -0.508 e. The number of aromatic hydroxyl groups is 1. The molecule has 1 heterocycles. The fourth-order valence-electron chi connectivity index (χ4n) is 2.35. The molecule has 0 spiro atoms. The number of phenolic OH excluding ortho intramolecular Hbond substituents is 1. The second kappa shape index (κ2) is 5.28. The summed E-state index contributed by atoms with van der Waals surface area (Å²) in [5.74, 6) is -0.101. The van der Waals surface area contributed by atoms with E-state index in [1.165, 1.54) is 18.2 Å². The van der Waals surface area contributed by atoms with Crippen LogP contribution in [0.1, 0.15) is 28.4 Å². The van der Waals surface area contributed by atoms with E-state index in [0.717, 1.165) is 5.56 Å². The van der Waals surface area contributed by atoms with Crippen LogP contribution >= 0.6 is 0 Å². The second-order valence-electron chi connectivity index (χ2n) is 4.78. The van der Waals surface area contributed by atoms with Gasteiger partial charge in [-0.1, -0.05) is 35.5 Å². The third-order valence-corrected chi connectivity index (χ3v) is 3.41. The number of fused-ring (bicyclic) bond motifs is 1. The van der Waals surface area contributed by atoms with Crippen LogP contribution in [0, 0.1) is 0 Å². The van der Waals surface area contributed by atoms with Gasteiger partial charge in [-0.2, -0.15) is 0 Å². The zero-order valence-electron chi connectivity index (χ0n) is 11.1. The van der Waals surface area contributed by atoms with Crippen LogP contribution in [0.4, 0.5) is 0 Å². The van der Waals surface area contributed by atoms with Gasteiger partial charge in [0.05, 0.1) is 5.56 Å². The first kappa shape index (κ1) is 13.2. The van der Waals surface area contributed by atoms with Crippen LogP contribution in [0.15, 0.2) is 53.7 Å². The maximum atomic E-state index is 12.3. The molecule has 21 heavy (non-hydrogen) atoms. The van der Waals surface area contributed by atoms with Gasteiger partial charge >= 0.3 is 0 Å². The number of nitrogens with zero attached hydrogens (tertiary/aromatic N) is 1. The second-order valence-corrected chi connectivity index (χ2v) is 4.78. The molecule has 5 heteroatoms. The SMILES string of the molecule is O=C1/C(=N/O)CC(c2ccccc2)Oc2cc(O)ccc21. The highest BCUT2D eigenvalue weighted by molar-refractivity contribution is 6.46. The van der Waals surface area contributed by atoms with E-state index in [4.69, 9.17) is 9.94 Å². The van der Waals surface area contributed by atoms with Crippen LogP contribution in [0.25, 0.3) is 0 Å². The molecule has 0 fully saturated rings. The number of rotatable bonds is 1. The van der Waals surface area contributed by atoms with Gasteiger partial charge in [-0.25, -0.2) is 0 Å². The number of ether oxygens (including phenoxy) is 1. The topological polar surface area (TPSA) is 79.1 Å². The number of phenols is 1. The van der Waals surface area contributed by atoms with Gasteiger partial charge in [-0.3, -0.25) is 4.79 Å². The smallest absolute Gasteiger partial charge is 0.214 e. The summed E-state index contributed by atoms with van der Waals surface area (Å²) in [4.78, 5) is 12.3. The molecule has 1 unspecified atom stereocenters. The van der Waals surface area contributed by atoms with E-state index in [1.54, 1.807) is 0 Å². The molecular formula is C16H13NO4. The Bertz CT molecular complexity index is 709. The van der Waals surface area contributed by atoms with Crippen LogP contribution in [0.3, 0.4) is 0 Å². The standard InChI is InChI=1S/C16H13NO4/c18-11-6-7-12-15(8-11)21-14(9-13(17-20)16(12)19)10-4-2-1-3-5-10/h1-8,14,18,20H,9H2/b17-13+. The first-order valence-electron chi connectivity index (χ1n) is 6.49. The van der Waals surface area contributed by atoms with Gasteiger partial charge in [0, 0.05) is 12.5 Å². The number of ketones is 1. The minimum absolute atomic E-state index is 0.0118. The van der Waals surface area contributed by atoms with E-state index >= 15 is 0 Å². The highest BCUT2D eigenvalue weighted by atomic mass is 16.5. The Morgan fingerprint density at radius 3 is 2.62 bits per heavy atom. The Kier molecular flexibility index (Phi) is 3.31. The van der Waals surface area contributed by atoms with Crippen LogP contribution in [0.5, 0.6) is 11.5 Å². The van der Waals surface area contributed by atoms with Crippen molar-refractivity contribution in [1.29, 1.82) is 0 Å². The molecule has 0 saturated carbocycles. The van der Waals surface area contributed by atoms with E-state index in [0.29, 0.717) is 0 Å². The van der Waals surface area contributed by atoms with Gasteiger partial charge < -0.3 is 15.1 Å². The Labute approximate surface area is 121 Å². The summed E-state index contributed by atoms with van der Waals surface area (Å²) in [6.45, 7) is 0. The van der Waals surface area contributed by atoms with Crippen molar-refractivity contribution in [3.05, 3.63) is 59.7 Å². The summed E-state index contributed by atoms with van der Waals surface area (Å²) in [6, 6.07) is 13.6. The monoisotopic (exact) mass is 283 g/mol. The molecule has 2 N–H and O–H groups in total. The molecule has 0 aliphatic carbocycles. The average Bonchev–Trinajstić information content (AvgIpc) is 2.64. The largest absolute Gasteiger partial charge is 0.508 e. The third kappa shape index (κ3) is 2.45. The van der Waals surface area contributed by atoms with Crippen LogP contribution < -0.4 is 4.74 Å². The first-order valence-corrected chi connectivity index (χ1v) is 6.49. The Morgan fingerprint density at radius 1 is 1.14 bits per heavy atom. The van der Waals surface area contributed by atoms with Crippen LogP contribution in [-0.4, -0.2) is 21.8 Å². The van der Waals surface area contributed by atoms with Crippen molar-refractivity contribution in [1.82, 2.24) is 0 Å². The Morgan fingerprint density at radius 2 is 1.90 bits per heavy atom. The summed E-state index contributed by atoms with van der Waals surface area (Å²) >= 11 is 0. The molecule has 1 atom stereocenters. The Balaban J connectivity index is 2.09. The molecule has 2 aromatic carbocycles. The van der Waals surface area contributed by atoms with Gasteiger partial charge in [-0.15, -0.1) is 0 Å². The number of carbonyl (C=O) groups is 1. The van der Waals surface area contributed by atoms with Crippen LogP contribution in [0.2, 0.25) is 0 Å². The number of oxime groups is 1. The van der Waals surface area contributed by atoms with Crippen molar-refractivity contribution in [2.75, 3.05) is 0 Å². The highest BCUT2D eigenvalue weighted by Crippen LogP contribution is 2.34. The normalized spacial score (nSPS) is 19.7. The van der Waals surface area contributed by atoms with E-state index in [1.807, 2.05) is 30.3 Å². The average molecular weight is 283 g/mol. The number of hydrogen-bond acceptors (Lipinski definition) is 5. The fourth-order valence-corrected chi connectivity index (χ4v) is 2.35. The maximum Gasteiger partial charge on any atom is 0.214 e. The molecule has 2 aromatic rings. The molecule has 0 radical (unpaired) electrons. The predicted molar refractivity (Wildman–Crippen MR) is 76.1 cm³/mol. The van der Waals surface area contributed by atoms with Crippen molar-refractivity contribution in [3.8, 4) is 11.5 Å². The molecule has 0 aromatic heterocycles. The van der Waals surface area contributed by atoms with Crippen molar-refractivity contribution >= 4 is 11.5 Å². The summed E-state index contributed by atoms with van der Waals surface area (Å²) in [7, 11) is 0. The van der Waals surface area contributed by atoms with E-state index in [9.17, 15) is 9.90 Å². The molecule has 5 nitrogen and oxygen atoms in total. The van der Waals surface area contributed by atoms with Crippen LogP contribution in [-0.2, 0) is 0 Å². The van der Waals surface area contributed by atoms with E-state index in [2.05, 4.69) is 5.16 Å². The lowest BCUT2D eigenvalue weighted by molar-refractivity contribution is 0.106. The number of hydrogen-bond donors (Lipinski definition) is 2. The summed E-state index contributed by atoms with van der Waals surface area (Å²) < 4.78 is 5.85. The van der Waals surface area contributed by atoms with Crippen molar-refractivity contribution < 1.29 is 19.8 Å². The number of Topliss-reactive ketones (excluding diaryl/α,β-unsaturated/α-hetero) is 1.